The zero-order valence-electron chi connectivity index (χ0n) is 16.4. The lowest BCUT2D eigenvalue weighted by molar-refractivity contribution is -0.164. The first-order valence-electron chi connectivity index (χ1n) is 8.80. The highest BCUT2D eigenvalue weighted by molar-refractivity contribution is 8.01. The van der Waals surface area contributed by atoms with Gasteiger partial charge in [-0.2, -0.15) is 26.8 Å². The van der Waals surface area contributed by atoms with E-state index < -0.39 is 62.8 Å². The molecule has 3 atom stereocenters. The van der Waals surface area contributed by atoms with E-state index in [2.05, 4.69) is 20.6 Å². The molecule has 1 aromatic heterocycles. The van der Waals surface area contributed by atoms with Crippen LogP contribution in [0, 0.1) is 0 Å². The predicted octanol–water partition coefficient (Wildman–Crippen LogP) is 0.382. The molecule has 2 aliphatic heterocycles. The second-order valence-electron chi connectivity index (χ2n) is 6.85. The van der Waals surface area contributed by atoms with Crippen molar-refractivity contribution in [3.63, 3.8) is 0 Å². The first kappa shape index (κ1) is 25.7. The number of tetrazole rings is 1. The Morgan fingerprint density at radius 1 is 1.48 bits per heavy atom. The maximum atomic E-state index is 13.0. The van der Waals surface area contributed by atoms with Crippen molar-refractivity contribution in [2.45, 2.75) is 34.9 Å². The van der Waals surface area contributed by atoms with Crippen LogP contribution < -0.4 is 0 Å². The molecule has 1 amide bonds. The molecular formula is C14H15F3N6O6S4. The largest absolute Gasteiger partial charge is 0.477 e. The van der Waals surface area contributed by atoms with Gasteiger partial charge in [-0.1, -0.05) is 24.0 Å². The van der Waals surface area contributed by atoms with Gasteiger partial charge >= 0.3 is 12.1 Å². The number of amides is 1. The SMILES string of the molecule is CC(=S)N(CC(F)(F)F)C1C(=O)N2C(C(=O)O)=C(C(CS(=O)(=O)O)Sc3nn[nH]n3)CS[C@@H]12. The van der Waals surface area contributed by atoms with Crippen LogP contribution in [0.3, 0.4) is 0 Å². The summed E-state index contributed by atoms with van der Waals surface area (Å²) in [5.74, 6) is -3.58. The summed E-state index contributed by atoms with van der Waals surface area (Å²) < 4.78 is 71.5. The van der Waals surface area contributed by atoms with Gasteiger partial charge in [0.1, 0.15) is 23.7 Å². The van der Waals surface area contributed by atoms with Gasteiger partial charge in [-0.25, -0.2) is 4.79 Å². The molecule has 0 aromatic carbocycles. The molecule has 182 valence electrons. The number of H-pyrrole nitrogens is 1. The summed E-state index contributed by atoms with van der Waals surface area (Å²) in [6.07, 6.45) is -4.65. The Kier molecular flexibility index (Phi) is 7.27. The number of carbonyl (C=O) groups is 2. The Labute approximate surface area is 198 Å². The van der Waals surface area contributed by atoms with E-state index in [1.165, 1.54) is 6.92 Å². The fourth-order valence-corrected chi connectivity index (χ4v) is 7.27. The molecule has 12 nitrogen and oxygen atoms in total. The van der Waals surface area contributed by atoms with E-state index in [1.807, 2.05) is 0 Å². The molecular weight excluding hydrogens is 533 g/mol. The Hall–Kier alpha value is -1.96. The Bertz CT molecular complexity index is 1100. The summed E-state index contributed by atoms with van der Waals surface area (Å²) in [6, 6.07) is -1.34. The fraction of sp³-hybridized carbons (Fsp3) is 0.571. The van der Waals surface area contributed by atoms with Crippen LogP contribution in [0.1, 0.15) is 6.92 Å². The molecule has 1 saturated heterocycles. The first-order valence-corrected chi connectivity index (χ1v) is 12.7. The van der Waals surface area contributed by atoms with E-state index in [1.54, 1.807) is 0 Å². The van der Waals surface area contributed by atoms with E-state index in [4.69, 9.17) is 12.2 Å². The number of hydrogen-bond donors (Lipinski definition) is 3. The Morgan fingerprint density at radius 3 is 2.64 bits per heavy atom. The number of carboxylic acids is 1. The molecule has 2 aliphatic rings. The number of thiocarbonyl (C=S) groups is 1. The van der Waals surface area contributed by atoms with E-state index in [0.29, 0.717) is 16.7 Å². The molecule has 1 aromatic rings. The van der Waals surface area contributed by atoms with Gasteiger partial charge in [-0.15, -0.1) is 22.0 Å². The molecule has 33 heavy (non-hydrogen) atoms. The maximum Gasteiger partial charge on any atom is 0.405 e. The van der Waals surface area contributed by atoms with Crippen LogP contribution in [0.4, 0.5) is 13.2 Å². The van der Waals surface area contributed by atoms with Crippen molar-refractivity contribution < 1.29 is 40.8 Å². The molecule has 0 radical (unpaired) electrons. The number of β-lactam (4-membered cyclic amide) rings is 1. The van der Waals surface area contributed by atoms with Crippen LogP contribution in [0.2, 0.25) is 0 Å². The third kappa shape index (κ3) is 5.76. The predicted molar refractivity (Wildman–Crippen MR) is 113 cm³/mol. The normalized spacial score (nSPS) is 22.0. The minimum absolute atomic E-state index is 0.0376. The Balaban J connectivity index is 1.98. The van der Waals surface area contributed by atoms with Gasteiger partial charge in [0.2, 0.25) is 5.16 Å². The van der Waals surface area contributed by atoms with Crippen molar-refractivity contribution in [2.24, 2.45) is 0 Å². The van der Waals surface area contributed by atoms with Crippen LogP contribution in [0.5, 0.6) is 0 Å². The van der Waals surface area contributed by atoms with E-state index >= 15 is 0 Å². The molecule has 0 aliphatic carbocycles. The number of aromatic amines is 1. The second kappa shape index (κ2) is 9.35. The lowest BCUT2D eigenvalue weighted by Gasteiger charge is -2.53. The molecule has 3 N–H and O–H groups in total. The smallest absolute Gasteiger partial charge is 0.405 e. The number of nitrogens with zero attached hydrogens (tertiary/aromatic N) is 5. The number of carbonyl (C=O) groups excluding carboxylic acids is 1. The zero-order chi connectivity index (χ0) is 24.7. The lowest BCUT2D eigenvalue weighted by Crippen LogP contribution is -2.72. The van der Waals surface area contributed by atoms with Gasteiger partial charge in [0, 0.05) is 5.75 Å². The minimum Gasteiger partial charge on any atom is -0.477 e. The van der Waals surface area contributed by atoms with Crippen molar-refractivity contribution in [3.05, 3.63) is 11.3 Å². The summed E-state index contributed by atoms with van der Waals surface area (Å²) in [7, 11) is -4.60. The summed E-state index contributed by atoms with van der Waals surface area (Å²) in [6.45, 7) is -0.255. The lowest BCUT2D eigenvalue weighted by atomic mass is 10.00. The van der Waals surface area contributed by atoms with Crippen molar-refractivity contribution >= 4 is 62.7 Å². The Morgan fingerprint density at radius 2 is 2.15 bits per heavy atom. The average molecular weight is 549 g/mol. The summed E-state index contributed by atoms with van der Waals surface area (Å²) in [5.41, 5.74) is -0.608. The number of hydrogen-bond acceptors (Lipinski definition) is 10. The van der Waals surface area contributed by atoms with Gasteiger partial charge in [0.15, 0.2) is 0 Å². The number of fused-ring (bicyclic) bond motifs is 1. The summed E-state index contributed by atoms with van der Waals surface area (Å²) in [4.78, 5) is 26.2. The van der Waals surface area contributed by atoms with Crippen molar-refractivity contribution in [2.75, 3.05) is 18.1 Å². The molecule has 0 bridgehead atoms. The summed E-state index contributed by atoms with van der Waals surface area (Å²) in [5, 5.41) is 20.3. The number of aliphatic carboxylic acids is 1. The summed E-state index contributed by atoms with van der Waals surface area (Å²) >= 11 is 6.52. The number of aromatic nitrogens is 4. The van der Waals surface area contributed by atoms with Crippen molar-refractivity contribution in [1.29, 1.82) is 0 Å². The number of nitrogens with one attached hydrogen (secondary N) is 1. The second-order valence-corrected chi connectivity index (χ2v) is 11.2. The third-order valence-electron chi connectivity index (χ3n) is 4.59. The van der Waals surface area contributed by atoms with E-state index in [0.717, 1.165) is 16.7 Å². The molecule has 2 unspecified atom stereocenters. The fourth-order valence-electron chi connectivity index (χ4n) is 3.35. The minimum atomic E-state index is -4.65. The molecule has 0 spiro atoms. The van der Waals surface area contributed by atoms with Crippen molar-refractivity contribution in [3.8, 4) is 0 Å². The van der Waals surface area contributed by atoms with Gasteiger partial charge in [-0.05, 0) is 17.7 Å². The quantitative estimate of drug-likeness (QED) is 0.177. The monoisotopic (exact) mass is 548 g/mol. The van der Waals surface area contributed by atoms with Gasteiger partial charge in [0.05, 0.1) is 16.0 Å². The maximum absolute atomic E-state index is 13.0. The first-order chi connectivity index (χ1) is 15.2. The number of alkyl halides is 3. The van der Waals surface area contributed by atoms with Gasteiger partial charge in [0.25, 0.3) is 16.0 Å². The molecule has 0 saturated carbocycles. The highest BCUT2D eigenvalue weighted by Gasteiger charge is 2.58. The average Bonchev–Trinajstić information content (AvgIpc) is 3.16. The number of halogens is 3. The zero-order valence-corrected chi connectivity index (χ0v) is 19.6. The van der Waals surface area contributed by atoms with Gasteiger partial charge in [-0.3, -0.25) is 14.2 Å². The number of rotatable bonds is 8. The van der Waals surface area contributed by atoms with E-state index in [-0.39, 0.29) is 21.5 Å². The van der Waals surface area contributed by atoms with Crippen molar-refractivity contribution in [1.82, 2.24) is 30.4 Å². The van der Waals surface area contributed by atoms with Gasteiger partial charge < -0.3 is 10.0 Å². The number of thioether (sulfide) groups is 2. The topological polar surface area (TPSA) is 170 Å². The molecule has 3 heterocycles. The van der Waals surface area contributed by atoms with Crippen LogP contribution in [0.25, 0.3) is 0 Å². The number of carboxylic acid groups (broad SMARTS) is 1. The highest BCUT2D eigenvalue weighted by Crippen LogP contribution is 2.45. The molecule has 3 rings (SSSR count). The molecule has 1 fully saturated rings. The van der Waals surface area contributed by atoms with Crippen LogP contribution in [-0.4, -0.2) is 106 Å². The standard InChI is InChI=1S/C14H15F3N6O6S4/c1-5(30)22(4-14(15,16)17)9-10(24)23-8(12(25)26)6(2-31-11(9)23)7(3-33(27,28)29)32-13-18-20-21-19-13/h7,9,11H,2-4H2,1H3,(H,25,26)(H,27,28,29)(H,18,19,20,21)/t7?,9?,11-/m0/s1. The highest BCUT2D eigenvalue weighted by atomic mass is 32.2. The third-order valence-corrected chi connectivity index (χ3v) is 8.19. The van der Waals surface area contributed by atoms with Crippen LogP contribution in [0.15, 0.2) is 16.4 Å². The van der Waals surface area contributed by atoms with E-state index in [9.17, 15) is 40.8 Å². The molecule has 19 heteroatoms. The van der Waals surface area contributed by atoms with Crippen LogP contribution >= 0.6 is 35.7 Å². The van der Waals surface area contributed by atoms with Crippen LogP contribution in [-0.2, 0) is 19.7 Å².